The van der Waals surface area contributed by atoms with Crippen LogP contribution in [-0.4, -0.2) is 37.9 Å². The maximum Gasteiger partial charge on any atom is 0.306 e. The molecule has 0 radical (unpaired) electrons. The van der Waals surface area contributed by atoms with Gasteiger partial charge in [0.2, 0.25) is 0 Å². The number of hydrogen-bond donors (Lipinski definition) is 0. The lowest BCUT2D eigenvalue weighted by atomic mass is 10.1. The monoisotopic (exact) mass is 807 g/mol. The Morgan fingerprint density at radius 2 is 0.776 bits per heavy atom. The lowest BCUT2D eigenvalue weighted by molar-refractivity contribution is -0.163. The van der Waals surface area contributed by atoms with Crippen LogP contribution in [0, 0.1) is 0 Å². The fraction of sp³-hybridized carbons (Fsp3) is 0.698. The van der Waals surface area contributed by atoms with Crippen LogP contribution in [0.4, 0.5) is 0 Å². The molecule has 0 spiro atoms. The van der Waals surface area contributed by atoms with E-state index in [4.69, 9.17) is 14.2 Å². The first-order valence-electron chi connectivity index (χ1n) is 24.1. The van der Waals surface area contributed by atoms with Crippen LogP contribution in [0.2, 0.25) is 0 Å². The van der Waals surface area contributed by atoms with E-state index in [2.05, 4.69) is 106 Å². The van der Waals surface area contributed by atoms with Crippen molar-refractivity contribution >= 4 is 11.9 Å². The minimum Gasteiger partial charge on any atom is -0.462 e. The molecular weight excluding hydrogens is 717 g/mol. The molecule has 0 aromatic carbocycles. The Bertz CT molecular complexity index is 1090. The van der Waals surface area contributed by atoms with Gasteiger partial charge in [-0.15, -0.1) is 0 Å². The fourth-order valence-electron chi connectivity index (χ4n) is 6.40. The molecule has 332 valence electrons. The number of carbonyl (C=O) groups is 2. The molecule has 0 aromatic rings. The van der Waals surface area contributed by atoms with Crippen LogP contribution in [0.3, 0.4) is 0 Å². The molecule has 0 N–H and O–H groups in total. The Balaban J connectivity index is 4.28. The van der Waals surface area contributed by atoms with Crippen LogP contribution in [-0.2, 0) is 23.8 Å². The SMILES string of the molecule is CC/C=C\C/C=C\C/C=C\C/C=C\CCCCC(=O)OCC(COCCCCCCCCCC/C=C\C/C=C\C/C=C\CC)OC(=O)CCCCCCCCCCC. The van der Waals surface area contributed by atoms with Crippen molar-refractivity contribution in [3.8, 4) is 0 Å². The Morgan fingerprint density at radius 3 is 1.28 bits per heavy atom. The second-order valence-electron chi connectivity index (χ2n) is 15.6. The van der Waals surface area contributed by atoms with Gasteiger partial charge in [0.05, 0.1) is 6.61 Å². The third-order valence-electron chi connectivity index (χ3n) is 9.93. The maximum absolute atomic E-state index is 12.7. The first-order chi connectivity index (χ1) is 28.6. The molecular formula is C53H90O5. The minimum absolute atomic E-state index is 0.0585. The van der Waals surface area contributed by atoms with Crippen LogP contribution in [0.5, 0.6) is 0 Å². The van der Waals surface area contributed by atoms with Crippen molar-refractivity contribution in [3.05, 3.63) is 85.1 Å². The zero-order valence-electron chi connectivity index (χ0n) is 38.0. The van der Waals surface area contributed by atoms with Gasteiger partial charge in [-0.25, -0.2) is 0 Å². The van der Waals surface area contributed by atoms with Gasteiger partial charge < -0.3 is 14.2 Å². The van der Waals surface area contributed by atoms with Gasteiger partial charge in [0.1, 0.15) is 6.61 Å². The van der Waals surface area contributed by atoms with Gasteiger partial charge >= 0.3 is 11.9 Å². The van der Waals surface area contributed by atoms with Crippen molar-refractivity contribution in [3.63, 3.8) is 0 Å². The highest BCUT2D eigenvalue weighted by Crippen LogP contribution is 2.13. The van der Waals surface area contributed by atoms with E-state index in [0.717, 1.165) is 89.9 Å². The predicted octanol–water partition coefficient (Wildman–Crippen LogP) is 16.1. The van der Waals surface area contributed by atoms with E-state index >= 15 is 0 Å². The molecule has 0 amide bonds. The van der Waals surface area contributed by atoms with Crippen molar-refractivity contribution in [1.29, 1.82) is 0 Å². The van der Waals surface area contributed by atoms with Crippen molar-refractivity contribution < 1.29 is 23.8 Å². The lowest BCUT2D eigenvalue weighted by Crippen LogP contribution is -2.30. The summed E-state index contributed by atoms with van der Waals surface area (Å²) in [7, 11) is 0. The van der Waals surface area contributed by atoms with E-state index < -0.39 is 6.10 Å². The summed E-state index contributed by atoms with van der Waals surface area (Å²) in [5.74, 6) is -0.453. The van der Waals surface area contributed by atoms with Crippen LogP contribution in [0.25, 0.3) is 0 Å². The van der Waals surface area contributed by atoms with Gasteiger partial charge in [0.25, 0.3) is 0 Å². The number of ether oxygens (including phenoxy) is 3. The number of carbonyl (C=O) groups excluding carboxylic acids is 2. The van der Waals surface area contributed by atoms with Gasteiger partial charge in [-0.1, -0.05) is 196 Å². The molecule has 0 fully saturated rings. The topological polar surface area (TPSA) is 61.8 Å². The zero-order chi connectivity index (χ0) is 42.1. The number of unbranched alkanes of at least 4 members (excludes halogenated alkanes) is 18. The molecule has 0 heterocycles. The standard InChI is InChI=1S/C53H90O5/c1-4-7-10-13-16-19-21-23-25-26-27-29-31-33-36-39-42-45-48-56-49-51(58-53(55)47-44-41-38-34-18-15-12-9-6-3)50-57-52(54)46-43-40-37-35-32-30-28-24-22-20-17-14-11-8-5-2/h7-8,10-11,16-17,19-20,23-25,28,32,35,51H,4-6,9,12-15,18,21-22,26-27,29-31,33-34,36-50H2,1-3H3/b10-7-,11-8-,19-16-,20-17-,25-23-,28-24-,35-32-. The van der Waals surface area contributed by atoms with E-state index in [-0.39, 0.29) is 25.2 Å². The summed E-state index contributed by atoms with van der Waals surface area (Å²) >= 11 is 0. The lowest BCUT2D eigenvalue weighted by Gasteiger charge is -2.18. The summed E-state index contributed by atoms with van der Waals surface area (Å²) in [4.78, 5) is 25.2. The number of hydrogen-bond acceptors (Lipinski definition) is 5. The third kappa shape index (κ3) is 45.8. The summed E-state index contributed by atoms with van der Waals surface area (Å²) in [6.45, 7) is 7.52. The molecule has 5 heteroatoms. The smallest absolute Gasteiger partial charge is 0.306 e. The quantitative estimate of drug-likeness (QED) is 0.0349. The molecule has 0 bridgehead atoms. The minimum atomic E-state index is -0.557. The first-order valence-corrected chi connectivity index (χ1v) is 24.1. The highest BCUT2D eigenvalue weighted by Gasteiger charge is 2.17. The highest BCUT2D eigenvalue weighted by atomic mass is 16.6. The van der Waals surface area contributed by atoms with E-state index in [0.29, 0.717) is 19.4 Å². The molecule has 58 heavy (non-hydrogen) atoms. The van der Waals surface area contributed by atoms with E-state index in [9.17, 15) is 9.59 Å². The summed E-state index contributed by atoms with van der Waals surface area (Å²) in [6.07, 6.45) is 63.1. The summed E-state index contributed by atoms with van der Waals surface area (Å²) in [6, 6.07) is 0. The Morgan fingerprint density at radius 1 is 0.397 bits per heavy atom. The molecule has 1 unspecified atom stereocenters. The normalized spacial score (nSPS) is 12.9. The molecule has 0 rings (SSSR count). The van der Waals surface area contributed by atoms with E-state index in [1.807, 2.05) is 0 Å². The van der Waals surface area contributed by atoms with Crippen LogP contribution in [0.15, 0.2) is 85.1 Å². The molecule has 0 aliphatic rings. The molecule has 0 aromatic heterocycles. The Hall–Kier alpha value is -2.92. The van der Waals surface area contributed by atoms with Gasteiger partial charge in [-0.05, 0) is 89.9 Å². The summed E-state index contributed by atoms with van der Waals surface area (Å²) < 4.78 is 17.3. The second kappa shape index (κ2) is 48.4. The second-order valence-corrected chi connectivity index (χ2v) is 15.6. The maximum atomic E-state index is 12.7. The Labute approximate surface area is 359 Å². The van der Waals surface area contributed by atoms with Crippen LogP contribution >= 0.6 is 0 Å². The number of allylic oxidation sites excluding steroid dienone is 14. The van der Waals surface area contributed by atoms with Crippen molar-refractivity contribution in [1.82, 2.24) is 0 Å². The third-order valence-corrected chi connectivity index (χ3v) is 9.93. The summed E-state index contributed by atoms with van der Waals surface area (Å²) in [5, 5.41) is 0. The van der Waals surface area contributed by atoms with Crippen molar-refractivity contribution in [2.24, 2.45) is 0 Å². The van der Waals surface area contributed by atoms with Gasteiger partial charge in [-0.2, -0.15) is 0 Å². The molecule has 0 aliphatic heterocycles. The van der Waals surface area contributed by atoms with Crippen molar-refractivity contribution in [2.45, 2.75) is 219 Å². The van der Waals surface area contributed by atoms with Crippen LogP contribution in [0.1, 0.15) is 213 Å². The average Bonchev–Trinajstić information content (AvgIpc) is 3.22. The molecule has 5 nitrogen and oxygen atoms in total. The largest absolute Gasteiger partial charge is 0.462 e. The van der Waals surface area contributed by atoms with Gasteiger partial charge in [0.15, 0.2) is 6.10 Å². The van der Waals surface area contributed by atoms with Gasteiger partial charge in [0, 0.05) is 19.4 Å². The number of rotatable bonds is 43. The Kier molecular flexibility index (Phi) is 46.0. The van der Waals surface area contributed by atoms with E-state index in [1.54, 1.807) is 0 Å². The number of esters is 2. The summed E-state index contributed by atoms with van der Waals surface area (Å²) in [5.41, 5.74) is 0. The molecule has 1 atom stereocenters. The zero-order valence-corrected chi connectivity index (χ0v) is 38.0. The fourth-order valence-corrected chi connectivity index (χ4v) is 6.40. The van der Waals surface area contributed by atoms with Crippen molar-refractivity contribution in [2.75, 3.05) is 19.8 Å². The molecule has 0 saturated heterocycles. The van der Waals surface area contributed by atoms with Gasteiger partial charge in [-0.3, -0.25) is 9.59 Å². The van der Waals surface area contributed by atoms with Crippen LogP contribution < -0.4 is 0 Å². The molecule has 0 aliphatic carbocycles. The molecule has 0 saturated carbocycles. The highest BCUT2D eigenvalue weighted by molar-refractivity contribution is 5.70. The first kappa shape index (κ1) is 55.1. The average molecular weight is 807 g/mol. The van der Waals surface area contributed by atoms with E-state index in [1.165, 1.54) is 89.9 Å². The predicted molar refractivity (Wildman–Crippen MR) is 251 cm³/mol.